The Hall–Kier alpha value is -0.590. The summed E-state index contributed by atoms with van der Waals surface area (Å²) in [4.78, 5) is 0.333. The van der Waals surface area contributed by atoms with Gasteiger partial charge in [0.15, 0.2) is 0 Å². The van der Waals surface area contributed by atoms with E-state index in [9.17, 15) is 8.42 Å². The van der Waals surface area contributed by atoms with Crippen molar-refractivity contribution in [3.8, 4) is 0 Å². The number of hydrogen-bond donors (Lipinski definition) is 0. The summed E-state index contributed by atoms with van der Waals surface area (Å²) in [6.07, 6.45) is 1.79. The maximum Gasteiger partial charge on any atom is 0.246 e. The molecule has 1 heterocycles. The molecular formula is C12H20ClN3O2S. The molecule has 0 saturated heterocycles. The standard InChI is InChI=1S/C12H20ClN3O2S/c1-8-12(9(2)16(4)14-8)19(17,18)15(3)7-10-5-11(13)6-10/h10-11H,5-7H2,1-4H3. The van der Waals surface area contributed by atoms with Crippen molar-refractivity contribution in [1.29, 1.82) is 0 Å². The summed E-state index contributed by atoms with van der Waals surface area (Å²) in [5, 5.41) is 4.39. The molecule has 1 aromatic rings. The topological polar surface area (TPSA) is 55.2 Å². The van der Waals surface area contributed by atoms with Crippen LogP contribution in [0.25, 0.3) is 0 Å². The third kappa shape index (κ3) is 2.66. The largest absolute Gasteiger partial charge is 0.271 e. The lowest BCUT2D eigenvalue weighted by molar-refractivity contribution is 0.268. The number of rotatable bonds is 4. The van der Waals surface area contributed by atoms with Crippen LogP contribution in [0.3, 0.4) is 0 Å². The Labute approximate surface area is 119 Å². The molecule has 1 saturated carbocycles. The normalized spacial score (nSPS) is 23.7. The average Bonchev–Trinajstić information content (AvgIpc) is 2.50. The molecule has 0 aromatic carbocycles. The zero-order chi connectivity index (χ0) is 14.4. The van der Waals surface area contributed by atoms with Crippen LogP contribution in [0.4, 0.5) is 0 Å². The van der Waals surface area contributed by atoms with Gasteiger partial charge in [-0.15, -0.1) is 11.6 Å². The molecule has 0 bridgehead atoms. The first-order valence-corrected chi connectivity index (χ1v) is 8.21. The van der Waals surface area contributed by atoms with E-state index in [1.165, 1.54) is 4.31 Å². The van der Waals surface area contributed by atoms with Crippen molar-refractivity contribution in [2.24, 2.45) is 13.0 Å². The highest BCUT2D eigenvalue weighted by Gasteiger charge is 2.33. The second kappa shape index (κ2) is 5.07. The van der Waals surface area contributed by atoms with Crippen molar-refractivity contribution in [2.45, 2.75) is 37.0 Å². The Morgan fingerprint density at radius 3 is 2.42 bits per heavy atom. The summed E-state index contributed by atoms with van der Waals surface area (Å²) in [6, 6.07) is 0. The van der Waals surface area contributed by atoms with Gasteiger partial charge < -0.3 is 0 Å². The first kappa shape index (κ1) is 14.8. The molecule has 1 aliphatic carbocycles. The van der Waals surface area contributed by atoms with E-state index in [1.807, 2.05) is 0 Å². The molecular weight excluding hydrogens is 286 g/mol. The number of aromatic nitrogens is 2. The van der Waals surface area contributed by atoms with Crippen LogP contribution in [0.15, 0.2) is 4.90 Å². The SMILES string of the molecule is Cc1nn(C)c(C)c1S(=O)(=O)N(C)CC1CC(Cl)C1. The molecule has 1 fully saturated rings. The van der Waals surface area contributed by atoms with E-state index >= 15 is 0 Å². The molecule has 7 heteroatoms. The Morgan fingerprint density at radius 1 is 1.42 bits per heavy atom. The number of alkyl halides is 1. The molecule has 0 unspecified atom stereocenters. The van der Waals surface area contributed by atoms with Gasteiger partial charge >= 0.3 is 0 Å². The van der Waals surface area contributed by atoms with E-state index in [0.717, 1.165) is 12.8 Å². The molecule has 0 radical (unpaired) electrons. The average molecular weight is 306 g/mol. The van der Waals surface area contributed by atoms with Gasteiger partial charge in [-0.3, -0.25) is 4.68 Å². The van der Waals surface area contributed by atoms with Crippen molar-refractivity contribution in [1.82, 2.24) is 14.1 Å². The van der Waals surface area contributed by atoms with Gasteiger partial charge in [-0.05, 0) is 32.6 Å². The van der Waals surface area contributed by atoms with Crippen LogP contribution in [0, 0.1) is 19.8 Å². The van der Waals surface area contributed by atoms with E-state index < -0.39 is 10.0 Å². The van der Waals surface area contributed by atoms with Crippen LogP contribution < -0.4 is 0 Å². The first-order valence-electron chi connectivity index (χ1n) is 6.34. The lowest BCUT2D eigenvalue weighted by Crippen LogP contribution is -2.38. The molecule has 0 N–H and O–H groups in total. The monoisotopic (exact) mass is 305 g/mol. The van der Waals surface area contributed by atoms with Crippen LogP contribution in [0.1, 0.15) is 24.2 Å². The van der Waals surface area contributed by atoms with Gasteiger partial charge in [0.1, 0.15) is 4.90 Å². The summed E-state index contributed by atoms with van der Waals surface area (Å²) in [5.74, 6) is 0.375. The lowest BCUT2D eigenvalue weighted by Gasteiger charge is -2.33. The van der Waals surface area contributed by atoms with Gasteiger partial charge in [0, 0.05) is 26.0 Å². The third-order valence-corrected chi connectivity index (χ3v) is 6.24. The van der Waals surface area contributed by atoms with Gasteiger partial charge in [-0.2, -0.15) is 5.10 Å². The molecule has 108 valence electrons. The Balaban J connectivity index is 2.21. The van der Waals surface area contributed by atoms with Crippen LogP contribution in [-0.4, -0.2) is 41.5 Å². The van der Waals surface area contributed by atoms with Gasteiger partial charge in [0.2, 0.25) is 10.0 Å². The molecule has 19 heavy (non-hydrogen) atoms. The minimum absolute atomic E-state index is 0.211. The van der Waals surface area contributed by atoms with Crippen LogP contribution in [0.2, 0.25) is 0 Å². The summed E-state index contributed by atoms with van der Waals surface area (Å²) in [5.41, 5.74) is 1.23. The fourth-order valence-corrected chi connectivity index (χ4v) is 4.69. The Kier molecular flexibility index (Phi) is 3.95. The number of nitrogens with zero attached hydrogens (tertiary/aromatic N) is 3. The van der Waals surface area contributed by atoms with Crippen LogP contribution in [-0.2, 0) is 17.1 Å². The molecule has 0 amide bonds. The summed E-state index contributed by atoms with van der Waals surface area (Å²) < 4.78 is 28.2. The fraction of sp³-hybridized carbons (Fsp3) is 0.750. The van der Waals surface area contributed by atoms with E-state index in [4.69, 9.17) is 11.6 Å². The molecule has 1 aliphatic rings. The van der Waals surface area contributed by atoms with Crippen molar-refractivity contribution in [3.05, 3.63) is 11.4 Å². The third-order valence-electron chi connectivity index (χ3n) is 3.80. The summed E-state index contributed by atoms with van der Waals surface area (Å²) in [6.45, 7) is 4.03. The van der Waals surface area contributed by atoms with E-state index in [-0.39, 0.29) is 5.38 Å². The highest BCUT2D eigenvalue weighted by Crippen LogP contribution is 2.33. The predicted octanol–water partition coefficient (Wildman–Crippen LogP) is 1.67. The zero-order valence-electron chi connectivity index (χ0n) is 11.7. The van der Waals surface area contributed by atoms with Gasteiger partial charge in [0.25, 0.3) is 0 Å². The lowest BCUT2D eigenvalue weighted by atomic mass is 9.85. The molecule has 2 rings (SSSR count). The van der Waals surface area contributed by atoms with E-state index in [0.29, 0.717) is 28.7 Å². The van der Waals surface area contributed by atoms with Gasteiger partial charge in [0.05, 0.1) is 11.4 Å². The highest BCUT2D eigenvalue weighted by atomic mass is 35.5. The van der Waals surface area contributed by atoms with Crippen molar-refractivity contribution in [2.75, 3.05) is 13.6 Å². The number of halogens is 1. The number of sulfonamides is 1. The number of aryl methyl sites for hydroxylation is 2. The summed E-state index contributed by atoms with van der Waals surface area (Å²) >= 11 is 5.93. The zero-order valence-corrected chi connectivity index (χ0v) is 13.3. The highest BCUT2D eigenvalue weighted by molar-refractivity contribution is 7.89. The van der Waals surface area contributed by atoms with Crippen molar-refractivity contribution < 1.29 is 8.42 Å². The summed E-state index contributed by atoms with van der Waals surface area (Å²) in [7, 11) is -0.0782. The van der Waals surface area contributed by atoms with Crippen LogP contribution >= 0.6 is 11.6 Å². The van der Waals surface area contributed by atoms with Gasteiger partial charge in [-0.1, -0.05) is 0 Å². The van der Waals surface area contributed by atoms with E-state index in [1.54, 1.807) is 32.6 Å². The second-order valence-electron chi connectivity index (χ2n) is 5.34. The quantitative estimate of drug-likeness (QED) is 0.795. The second-order valence-corrected chi connectivity index (χ2v) is 7.94. The Morgan fingerprint density at radius 2 is 2.00 bits per heavy atom. The fourth-order valence-electron chi connectivity index (χ4n) is 2.55. The minimum atomic E-state index is -3.46. The minimum Gasteiger partial charge on any atom is -0.271 e. The predicted molar refractivity (Wildman–Crippen MR) is 74.9 cm³/mol. The molecule has 0 aliphatic heterocycles. The first-order chi connectivity index (χ1) is 8.73. The maximum atomic E-state index is 12.6. The van der Waals surface area contributed by atoms with Crippen LogP contribution in [0.5, 0.6) is 0 Å². The maximum absolute atomic E-state index is 12.6. The molecule has 5 nitrogen and oxygen atoms in total. The molecule has 1 aromatic heterocycles. The van der Waals surface area contributed by atoms with Crippen molar-refractivity contribution >= 4 is 21.6 Å². The smallest absolute Gasteiger partial charge is 0.246 e. The van der Waals surface area contributed by atoms with Gasteiger partial charge in [-0.25, -0.2) is 12.7 Å². The van der Waals surface area contributed by atoms with E-state index in [2.05, 4.69) is 5.10 Å². The molecule has 0 atom stereocenters. The van der Waals surface area contributed by atoms with Crippen molar-refractivity contribution in [3.63, 3.8) is 0 Å². The number of hydrogen-bond acceptors (Lipinski definition) is 3. The Bertz CT molecular complexity index is 576. The molecule has 0 spiro atoms.